The molecular formula is C11H14N4O3. The molecule has 0 aliphatic heterocycles. The van der Waals surface area contributed by atoms with E-state index in [1.807, 2.05) is 0 Å². The lowest BCUT2D eigenvalue weighted by Crippen LogP contribution is -2.30. The van der Waals surface area contributed by atoms with Crippen molar-refractivity contribution in [3.8, 4) is 0 Å². The number of rotatable bonds is 6. The van der Waals surface area contributed by atoms with Crippen LogP contribution in [0.1, 0.15) is 16.8 Å². The van der Waals surface area contributed by atoms with E-state index in [2.05, 4.69) is 20.8 Å². The summed E-state index contributed by atoms with van der Waals surface area (Å²) in [6.45, 7) is 0.822. The number of hydrogen-bond donors (Lipinski definition) is 3. The van der Waals surface area contributed by atoms with Gasteiger partial charge in [-0.25, -0.2) is 0 Å². The topological polar surface area (TPSA) is 104 Å². The van der Waals surface area contributed by atoms with Crippen molar-refractivity contribution in [3.05, 3.63) is 30.1 Å². The van der Waals surface area contributed by atoms with Crippen molar-refractivity contribution >= 4 is 18.0 Å². The van der Waals surface area contributed by atoms with E-state index in [1.165, 1.54) is 6.20 Å². The summed E-state index contributed by atoms with van der Waals surface area (Å²) in [7, 11) is 0. The van der Waals surface area contributed by atoms with Gasteiger partial charge in [-0.3, -0.25) is 14.6 Å². The number of hydrogen-bond acceptors (Lipinski definition) is 5. The summed E-state index contributed by atoms with van der Waals surface area (Å²) in [6, 6.07) is 3.35. The maximum atomic E-state index is 11.6. The largest absolute Gasteiger partial charge is 0.411 e. The Labute approximate surface area is 104 Å². The number of amides is 2. The van der Waals surface area contributed by atoms with Crippen molar-refractivity contribution in [2.45, 2.75) is 6.42 Å². The molecule has 7 nitrogen and oxygen atoms in total. The van der Waals surface area contributed by atoms with Crippen LogP contribution >= 0.6 is 0 Å². The molecule has 96 valence electrons. The molecular weight excluding hydrogens is 236 g/mol. The standard InChI is InChI=1S/C11H14N4O3/c16-10(8-15-18)13-5-2-6-14-11(17)9-3-1-4-12-7-9/h1,3-4,7-8,18H,2,5-6H2,(H,13,16)(H,14,17)/b15-8-. The molecule has 0 saturated carbocycles. The van der Waals surface area contributed by atoms with Crippen LogP contribution in [0.3, 0.4) is 0 Å². The molecule has 18 heavy (non-hydrogen) atoms. The highest BCUT2D eigenvalue weighted by atomic mass is 16.4. The average molecular weight is 250 g/mol. The number of pyridine rings is 1. The fourth-order valence-corrected chi connectivity index (χ4v) is 1.20. The zero-order valence-electron chi connectivity index (χ0n) is 9.67. The molecule has 1 heterocycles. The van der Waals surface area contributed by atoms with Crippen molar-refractivity contribution in [2.75, 3.05) is 13.1 Å². The maximum Gasteiger partial charge on any atom is 0.265 e. The van der Waals surface area contributed by atoms with E-state index in [4.69, 9.17) is 5.21 Å². The van der Waals surface area contributed by atoms with Gasteiger partial charge < -0.3 is 15.8 Å². The number of carbonyl (C=O) groups is 2. The minimum absolute atomic E-state index is 0.202. The van der Waals surface area contributed by atoms with Gasteiger partial charge in [0, 0.05) is 25.5 Å². The lowest BCUT2D eigenvalue weighted by molar-refractivity contribution is -0.114. The first kappa shape index (κ1) is 13.6. The first-order valence-corrected chi connectivity index (χ1v) is 5.37. The van der Waals surface area contributed by atoms with Gasteiger partial charge in [0.25, 0.3) is 11.8 Å². The quantitative estimate of drug-likeness (QED) is 0.281. The Morgan fingerprint density at radius 2 is 2.17 bits per heavy atom. The third-order valence-corrected chi connectivity index (χ3v) is 2.04. The van der Waals surface area contributed by atoms with Crippen LogP contribution in [0.2, 0.25) is 0 Å². The molecule has 1 rings (SSSR count). The lowest BCUT2D eigenvalue weighted by atomic mass is 10.2. The summed E-state index contributed by atoms with van der Waals surface area (Å²) < 4.78 is 0. The molecule has 3 N–H and O–H groups in total. The predicted molar refractivity (Wildman–Crippen MR) is 64.5 cm³/mol. The predicted octanol–water partition coefficient (Wildman–Crippen LogP) is -0.222. The Hall–Kier alpha value is -2.44. The van der Waals surface area contributed by atoms with Gasteiger partial charge in [-0.1, -0.05) is 5.16 Å². The van der Waals surface area contributed by atoms with E-state index in [0.29, 0.717) is 25.1 Å². The summed E-state index contributed by atoms with van der Waals surface area (Å²) >= 11 is 0. The third-order valence-electron chi connectivity index (χ3n) is 2.04. The van der Waals surface area contributed by atoms with Crippen LogP contribution < -0.4 is 10.6 Å². The van der Waals surface area contributed by atoms with Crippen LogP contribution in [0, 0.1) is 0 Å². The summed E-state index contributed by atoms with van der Waals surface area (Å²) in [4.78, 5) is 26.2. The molecule has 0 radical (unpaired) electrons. The molecule has 7 heteroatoms. The Balaban J connectivity index is 2.15. The molecule has 1 aromatic rings. The van der Waals surface area contributed by atoms with Crippen LogP contribution in [0.25, 0.3) is 0 Å². The van der Waals surface area contributed by atoms with Gasteiger partial charge in [-0.05, 0) is 18.6 Å². The SMILES string of the molecule is O=C(/C=N\O)NCCCNC(=O)c1cccnc1. The number of nitrogens with zero attached hydrogens (tertiary/aromatic N) is 2. The highest BCUT2D eigenvalue weighted by molar-refractivity contribution is 6.25. The maximum absolute atomic E-state index is 11.6. The van der Waals surface area contributed by atoms with E-state index in [1.54, 1.807) is 18.3 Å². The highest BCUT2D eigenvalue weighted by Gasteiger charge is 2.03. The number of nitrogens with one attached hydrogen (secondary N) is 2. The van der Waals surface area contributed by atoms with Crippen molar-refractivity contribution in [3.63, 3.8) is 0 Å². The van der Waals surface area contributed by atoms with Crippen LogP contribution in [-0.2, 0) is 4.79 Å². The van der Waals surface area contributed by atoms with Crippen molar-refractivity contribution < 1.29 is 14.8 Å². The first-order valence-electron chi connectivity index (χ1n) is 5.37. The Kier molecular flexibility index (Phi) is 5.88. The second kappa shape index (κ2) is 7.77. The molecule has 0 saturated heterocycles. The average Bonchev–Trinajstić information content (AvgIpc) is 2.39. The monoisotopic (exact) mass is 250 g/mol. The lowest BCUT2D eigenvalue weighted by Gasteiger charge is -2.05. The molecule has 0 atom stereocenters. The number of aromatic nitrogens is 1. The van der Waals surface area contributed by atoms with Gasteiger partial charge in [0.1, 0.15) is 6.21 Å². The molecule has 0 aliphatic rings. The fourth-order valence-electron chi connectivity index (χ4n) is 1.20. The van der Waals surface area contributed by atoms with Gasteiger partial charge in [-0.2, -0.15) is 0 Å². The summed E-state index contributed by atoms with van der Waals surface area (Å²) in [5.41, 5.74) is 0.494. The highest BCUT2D eigenvalue weighted by Crippen LogP contribution is 1.94. The van der Waals surface area contributed by atoms with E-state index < -0.39 is 5.91 Å². The summed E-state index contributed by atoms with van der Waals surface area (Å²) in [5, 5.41) is 15.8. The van der Waals surface area contributed by atoms with Crippen molar-refractivity contribution in [1.82, 2.24) is 15.6 Å². The number of oxime groups is 1. The molecule has 0 spiro atoms. The Morgan fingerprint density at radius 1 is 1.39 bits per heavy atom. The molecule has 1 aromatic heterocycles. The zero-order chi connectivity index (χ0) is 13.2. The minimum Gasteiger partial charge on any atom is -0.411 e. The van der Waals surface area contributed by atoms with Crippen LogP contribution in [-0.4, -0.2) is 41.3 Å². The first-order chi connectivity index (χ1) is 8.74. The van der Waals surface area contributed by atoms with Crippen LogP contribution in [0.5, 0.6) is 0 Å². The molecule has 2 amide bonds. The summed E-state index contributed by atoms with van der Waals surface area (Å²) in [5.74, 6) is -0.678. The van der Waals surface area contributed by atoms with Crippen molar-refractivity contribution in [2.24, 2.45) is 5.16 Å². The molecule has 0 aromatic carbocycles. The van der Waals surface area contributed by atoms with E-state index >= 15 is 0 Å². The third kappa shape index (κ3) is 5.06. The zero-order valence-corrected chi connectivity index (χ0v) is 9.67. The van der Waals surface area contributed by atoms with Gasteiger partial charge in [-0.15, -0.1) is 0 Å². The van der Waals surface area contributed by atoms with E-state index in [0.717, 1.165) is 6.21 Å². The van der Waals surface area contributed by atoms with Crippen LogP contribution in [0.15, 0.2) is 29.7 Å². The minimum atomic E-state index is -0.476. The second-order valence-corrected chi connectivity index (χ2v) is 3.39. The Bertz CT molecular complexity index is 420. The Morgan fingerprint density at radius 3 is 2.83 bits per heavy atom. The molecule has 0 bridgehead atoms. The van der Waals surface area contributed by atoms with Crippen molar-refractivity contribution in [1.29, 1.82) is 0 Å². The van der Waals surface area contributed by atoms with Gasteiger partial charge in [0.05, 0.1) is 5.56 Å². The second-order valence-electron chi connectivity index (χ2n) is 3.39. The van der Waals surface area contributed by atoms with Gasteiger partial charge in [0.2, 0.25) is 0 Å². The molecule has 0 aliphatic carbocycles. The van der Waals surface area contributed by atoms with E-state index in [9.17, 15) is 9.59 Å². The smallest absolute Gasteiger partial charge is 0.265 e. The van der Waals surface area contributed by atoms with Crippen LogP contribution in [0.4, 0.5) is 0 Å². The molecule has 0 fully saturated rings. The van der Waals surface area contributed by atoms with E-state index in [-0.39, 0.29) is 5.91 Å². The fraction of sp³-hybridized carbons (Fsp3) is 0.273. The normalized spacial score (nSPS) is 10.2. The van der Waals surface area contributed by atoms with Gasteiger partial charge >= 0.3 is 0 Å². The molecule has 0 unspecified atom stereocenters. The van der Waals surface area contributed by atoms with Gasteiger partial charge in [0.15, 0.2) is 0 Å². The number of carbonyl (C=O) groups excluding carboxylic acids is 2. The summed E-state index contributed by atoms with van der Waals surface area (Å²) in [6.07, 6.45) is 4.43.